The van der Waals surface area contributed by atoms with Crippen LogP contribution < -0.4 is 4.90 Å². The second-order valence-electron chi connectivity index (χ2n) is 4.62. The Labute approximate surface area is 107 Å². The first kappa shape index (κ1) is 13.1. The molecule has 4 nitrogen and oxygen atoms in total. The third kappa shape index (κ3) is 2.40. The summed E-state index contributed by atoms with van der Waals surface area (Å²) in [5.41, 5.74) is 2.95. The molecule has 1 aromatic rings. The highest BCUT2D eigenvalue weighted by Gasteiger charge is 2.33. The van der Waals surface area contributed by atoms with Gasteiger partial charge in [-0.15, -0.1) is 0 Å². The number of hydrogen-bond donors (Lipinski definition) is 0. The van der Waals surface area contributed by atoms with E-state index in [0.29, 0.717) is 5.56 Å². The van der Waals surface area contributed by atoms with Crippen LogP contribution in [0.4, 0.5) is 5.69 Å². The molecule has 0 aliphatic carbocycles. The van der Waals surface area contributed by atoms with Crippen LogP contribution in [0.2, 0.25) is 0 Å². The maximum atomic E-state index is 10.7. The summed E-state index contributed by atoms with van der Waals surface area (Å²) >= 11 is 0. The van der Waals surface area contributed by atoms with Gasteiger partial charge < -0.3 is 14.4 Å². The molecular formula is C14H19NO3. The van der Waals surface area contributed by atoms with Crippen molar-refractivity contribution in [3.63, 3.8) is 0 Å². The number of anilines is 1. The molecule has 1 heterocycles. The van der Waals surface area contributed by atoms with E-state index in [0.717, 1.165) is 30.6 Å². The van der Waals surface area contributed by atoms with Crippen LogP contribution in [0.3, 0.4) is 0 Å². The summed E-state index contributed by atoms with van der Waals surface area (Å²) in [6, 6.07) is 5.74. The first-order valence-corrected chi connectivity index (χ1v) is 6.06. The number of nitrogens with zero attached hydrogens (tertiary/aromatic N) is 1. The fourth-order valence-corrected chi connectivity index (χ4v) is 2.50. The van der Waals surface area contributed by atoms with Crippen LogP contribution in [-0.2, 0) is 9.47 Å². The molecule has 0 amide bonds. The van der Waals surface area contributed by atoms with E-state index in [-0.39, 0.29) is 12.2 Å². The second kappa shape index (κ2) is 5.50. The van der Waals surface area contributed by atoms with E-state index in [1.807, 2.05) is 25.1 Å². The molecule has 1 aliphatic rings. The summed E-state index contributed by atoms with van der Waals surface area (Å²) < 4.78 is 10.9. The summed E-state index contributed by atoms with van der Waals surface area (Å²) in [5, 5.41) is 0. The second-order valence-corrected chi connectivity index (χ2v) is 4.62. The minimum Gasteiger partial charge on any atom is -0.377 e. The van der Waals surface area contributed by atoms with Crippen molar-refractivity contribution in [2.75, 3.05) is 32.2 Å². The van der Waals surface area contributed by atoms with Crippen molar-refractivity contribution in [1.82, 2.24) is 0 Å². The van der Waals surface area contributed by atoms with E-state index in [1.54, 1.807) is 14.2 Å². The number of methoxy groups -OCH3 is 2. The van der Waals surface area contributed by atoms with Crippen LogP contribution in [0.5, 0.6) is 0 Å². The van der Waals surface area contributed by atoms with E-state index in [4.69, 9.17) is 9.47 Å². The van der Waals surface area contributed by atoms with Gasteiger partial charge in [-0.25, -0.2) is 0 Å². The summed E-state index contributed by atoms with van der Waals surface area (Å²) in [6.45, 7) is 3.65. The molecular weight excluding hydrogens is 230 g/mol. The molecule has 1 aliphatic heterocycles. The summed E-state index contributed by atoms with van der Waals surface area (Å²) in [5.74, 6) is 0. The lowest BCUT2D eigenvalue weighted by molar-refractivity contribution is -0.00461. The van der Waals surface area contributed by atoms with Crippen molar-refractivity contribution >= 4 is 12.0 Å². The molecule has 18 heavy (non-hydrogen) atoms. The van der Waals surface area contributed by atoms with Gasteiger partial charge in [-0.1, -0.05) is 0 Å². The zero-order valence-corrected chi connectivity index (χ0v) is 11.1. The third-order valence-corrected chi connectivity index (χ3v) is 3.52. The Bertz CT molecular complexity index is 421. The van der Waals surface area contributed by atoms with Gasteiger partial charge in [0.05, 0.1) is 0 Å². The number of aryl methyl sites for hydroxylation is 1. The van der Waals surface area contributed by atoms with Gasteiger partial charge in [0.1, 0.15) is 18.5 Å². The highest BCUT2D eigenvalue weighted by molar-refractivity contribution is 5.77. The molecule has 98 valence electrons. The molecule has 1 fully saturated rings. The molecule has 0 radical (unpaired) electrons. The molecule has 0 N–H and O–H groups in total. The maximum Gasteiger partial charge on any atom is 0.150 e. The Morgan fingerprint density at radius 1 is 1.22 bits per heavy atom. The number of rotatable bonds is 4. The zero-order chi connectivity index (χ0) is 13.1. The Balaban J connectivity index is 2.20. The smallest absolute Gasteiger partial charge is 0.150 e. The van der Waals surface area contributed by atoms with Gasteiger partial charge in [0.25, 0.3) is 0 Å². The average molecular weight is 249 g/mol. The van der Waals surface area contributed by atoms with E-state index in [1.165, 1.54) is 0 Å². The Kier molecular flexibility index (Phi) is 3.99. The minimum absolute atomic E-state index is 0.0974. The molecule has 1 saturated heterocycles. The number of carbonyl (C=O) groups is 1. The number of ether oxygens (including phenoxy) is 2. The Hall–Kier alpha value is -1.39. The Morgan fingerprint density at radius 2 is 1.83 bits per heavy atom. The van der Waals surface area contributed by atoms with Crippen molar-refractivity contribution in [1.29, 1.82) is 0 Å². The zero-order valence-electron chi connectivity index (χ0n) is 11.1. The van der Waals surface area contributed by atoms with E-state index in [2.05, 4.69) is 4.90 Å². The van der Waals surface area contributed by atoms with Crippen molar-refractivity contribution < 1.29 is 14.3 Å². The van der Waals surface area contributed by atoms with E-state index < -0.39 is 0 Å². The molecule has 0 bridgehead atoms. The number of hydrogen-bond acceptors (Lipinski definition) is 4. The summed E-state index contributed by atoms with van der Waals surface area (Å²) in [7, 11) is 3.42. The molecule has 0 saturated carbocycles. The highest BCUT2D eigenvalue weighted by Crippen LogP contribution is 2.26. The fourth-order valence-electron chi connectivity index (χ4n) is 2.50. The van der Waals surface area contributed by atoms with Crippen LogP contribution in [0, 0.1) is 6.92 Å². The molecule has 0 aromatic heterocycles. The highest BCUT2D eigenvalue weighted by atomic mass is 16.5. The van der Waals surface area contributed by atoms with Crippen LogP contribution in [0.25, 0.3) is 0 Å². The predicted molar refractivity (Wildman–Crippen MR) is 70.4 cm³/mol. The van der Waals surface area contributed by atoms with Crippen molar-refractivity contribution in [2.24, 2.45) is 0 Å². The first-order valence-electron chi connectivity index (χ1n) is 6.06. The molecule has 0 spiro atoms. The SMILES string of the molecule is COC1CN(c2ccc(C=O)cc2C)CC1OC. The van der Waals surface area contributed by atoms with E-state index >= 15 is 0 Å². The standard InChI is InChI=1S/C14H19NO3/c1-10-6-11(9-16)4-5-12(10)15-7-13(17-2)14(8-15)18-3/h4-6,9,13-14H,7-8H2,1-3H3. The van der Waals surface area contributed by atoms with Crippen LogP contribution in [-0.4, -0.2) is 45.8 Å². The molecule has 4 heteroatoms. The van der Waals surface area contributed by atoms with Gasteiger partial charge in [0, 0.05) is 38.6 Å². The lowest BCUT2D eigenvalue weighted by atomic mass is 10.1. The predicted octanol–water partition coefficient (Wildman–Crippen LogP) is 1.66. The normalized spacial score (nSPS) is 23.4. The van der Waals surface area contributed by atoms with Crippen LogP contribution in [0.15, 0.2) is 18.2 Å². The third-order valence-electron chi connectivity index (χ3n) is 3.52. The Morgan fingerprint density at radius 3 is 2.28 bits per heavy atom. The molecule has 1 aromatic carbocycles. The largest absolute Gasteiger partial charge is 0.377 e. The van der Waals surface area contributed by atoms with Gasteiger partial charge >= 0.3 is 0 Å². The van der Waals surface area contributed by atoms with Gasteiger partial charge in [-0.3, -0.25) is 4.79 Å². The van der Waals surface area contributed by atoms with E-state index in [9.17, 15) is 4.79 Å². The van der Waals surface area contributed by atoms with Crippen molar-refractivity contribution in [2.45, 2.75) is 19.1 Å². The quantitative estimate of drug-likeness (QED) is 0.761. The lowest BCUT2D eigenvalue weighted by Gasteiger charge is -2.20. The first-order chi connectivity index (χ1) is 8.69. The molecule has 2 unspecified atom stereocenters. The summed E-state index contributed by atoms with van der Waals surface area (Å²) in [4.78, 5) is 13.0. The topological polar surface area (TPSA) is 38.8 Å². The molecule has 2 rings (SSSR count). The lowest BCUT2D eigenvalue weighted by Crippen LogP contribution is -2.27. The maximum absolute atomic E-state index is 10.7. The minimum atomic E-state index is 0.0974. The van der Waals surface area contributed by atoms with Gasteiger partial charge in [0.2, 0.25) is 0 Å². The van der Waals surface area contributed by atoms with Crippen LogP contribution in [0.1, 0.15) is 15.9 Å². The fraction of sp³-hybridized carbons (Fsp3) is 0.500. The summed E-state index contributed by atoms with van der Waals surface area (Å²) in [6.07, 6.45) is 1.07. The molecule has 2 atom stereocenters. The van der Waals surface area contributed by atoms with Gasteiger partial charge in [-0.05, 0) is 30.7 Å². The monoisotopic (exact) mass is 249 g/mol. The van der Waals surface area contributed by atoms with Crippen LogP contribution >= 0.6 is 0 Å². The number of carbonyl (C=O) groups excluding carboxylic acids is 1. The van der Waals surface area contributed by atoms with Gasteiger partial charge in [0.15, 0.2) is 0 Å². The average Bonchev–Trinajstić information content (AvgIpc) is 2.81. The number of benzene rings is 1. The van der Waals surface area contributed by atoms with Crippen molar-refractivity contribution in [3.8, 4) is 0 Å². The van der Waals surface area contributed by atoms with Gasteiger partial charge in [-0.2, -0.15) is 0 Å². The van der Waals surface area contributed by atoms with Crippen molar-refractivity contribution in [3.05, 3.63) is 29.3 Å². The number of aldehydes is 1.